The molecule has 0 N–H and O–H groups in total. The Hall–Kier alpha value is 2.24. The Balaban J connectivity index is 3.82. The van der Waals surface area contributed by atoms with Crippen molar-refractivity contribution in [1.29, 1.82) is 0 Å². The molecule has 0 aliphatic heterocycles. The van der Waals surface area contributed by atoms with Crippen LogP contribution in [0.2, 0.25) is 0 Å². The van der Waals surface area contributed by atoms with Crippen LogP contribution >= 0.6 is 44.3 Å². The second kappa shape index (κ2) is 5.84. The van der Waals surface area contributed by atoms with E-state index in [1.807, 2.05) is 0 Å². The lowest BCUT2D eigenvalue weighted by Gasteiger charge is -2.17. The topological polar surface area (TPSA) is 0 Å². The summed E-state index contributed by atoms with van der Waals surface area (Å²) in [6.07, 6.45) is -1.07. The summed E-state index contributed by atoms with van der Waals surface area (Å²) in [6.45, 7) is 0. The van der Waals surface area contributed by atoms with Gasteiger partial charge in [0.2, 0.25) is 0 Å². The highest BCUT2D eigenvalue weighted by Gasteiger charge is 2.31. The lowest BCUT2D eigenvalue weighted by molar-refractivity contribution is 3.53. The fourth-order valence-corrected chi connectivity index (χ4v) is 52.1. The van der Waals surface area contributed by atoms with E-state index in [1.54, 1.807) is 0 Å². The minimum atomic E-state index is -1.07. The summed E-state index contributed by atoms with van der Waals surface area (Å²) < 4.78 is 0. The standard InChI is InChI=1S/Cl4H8Si5/c1-5-9(6-2,7-3)8-4/h5-8H2. The third-order valence-electron chi connectivity index (χ3n) is 1.13. The summed E-state index contributed by atoms with van der Waals surface area (Å²) in [5.74, 6) is 0. The molecule has 0 aromatic rings. The van der Waals surface area contributed by atoms with E-state index >= 15 is 0 Å². The number of halogens is 4. The van der Waals surface area contributed by atoms with Gasteiger partial charge in [0.05, 0.1) is 6.14 Å². The quantitative estimate of drug-likeness (QED) is 0.447. The molecule has 0 spiro atoms. The second-order valence-corrected chi connectivity index (χ2v) is 54.9. The maximum Gasteiger partial charge on any atom is 0.112 e. The van der Waals surface area contributed by atoms with Crippen molar-refractivity contribution >= 4 is 83.8 Å². The van der Waals surface area contributed by atoms with Gasteiger partial charge in [-0.05, 0) is 0 Å². The normalized spacial score (nSPS) is 22.7. The van der Waals surface area contributed by atoms with Gasteiger partial charge >= 0.3 is 0 Å². The van der Waals surface area contributed by atoms with E-state index in [2.05, 4.69) is 0 Å². The predicted molar refractivity (Wildman–Crippen MR) is 63.3 cm³/mol. The van der Waals surface area contributed by atoms with Gasteiger partial charge < -0.3 is 0 Å². The van der Waals surface area contributed by atoms with Crippen LogP contribution in [0, 0.1) is 0 Å². The predicted octanol–water partition coefficient (Wildman–Crippen LogP) is -1.29. The van der Waals surface area contributed by atoms with E-state index in [0.717, 1.165) is 0 Å². The molecular formula is H8Cl4Si5. The number of rotatable bonds is 4. The fraction of sp³-hybridized carbons (Fsp3) is 0. The van der Waals surface area contributed by atoms with Crippen molar-refractivity contribution in [2.75, 3.05) is 0 Å². The SMILES string of the molecule is Cl[SiH2][Si]([SiH2]Cl)([SiH2]Cl)[SiH2]Cl. The minimum Gasteiger partial charge on any atom is -0.180 e. The van der Waals surface area contributed by atoms with Gasteiger partial charge in [-0.25, -0.2) is 0 Å². The molecule has 0 aromatic heterocycles. The Kier molecular flexibility index (Phi) is 7.30. The highest BCUT2D eigenvalue weighted by molar-refractivity contribution is 8.00. The molecule has 0 saturated carbocycles. The van der Waals surface area contributed by atoms with Gasteiger partial charge in [0, 0.05) is 0 Å². The summed E-state index contributed by atoms with van der Waals surface area (Å²) in [4.78, 5) is 0. The van der Waals surface area contributed by atoms with Gasteiger partial charge in [0.15, 0.2) is 0 Å². The van der Waals surface area contributed by atoms with Crippen LogP contribution in [0.5, 0.6) is 0 Å². The Labute approximate surface area is 83.2 Å². The Morgan fingerprint density at radius 3 is 0.889 bits per heavy atom. The molecule has 0 atom stereocenters. The number of hydrogen-bond acceptors (Lipinski definition) is 0. The largest absolute Gasteiger partial charge is 0.180 e. The first-order chi connectivity index (χ1) is 4.24. The Morgan fingerprint density at radius 1 is 0.667 bits per heavy atom. The van der Waals surface area contributed by atoms with Crippen molar-refractivity contribution in [3.05, 3.63) is 0 Å². The van der Waals surface area contributed by atoms with Crippen LogP contribution in [-0.4, -0.2) is 39.5 Å². The molecule has 0 fully saturated rings. The van der Waals surface area contributed by atoms with E-state index in [-0.39, 0.29) is 33.4 Å². The van der Waals surface area contributed by atoms with Gasteiger partial charge in [-0.3, -0.25) is 0 Å². The zero-order valence-electron chi connectivity index (χ0n) is 4.84. The first-order valence-electron chi connectivity index (χ1n) is 2.48. The average molecular weight is 290 g/mol. The molecular weight excluding hydrogens is 282 g/mol. The summed E-state index contributed by atoms with van der Waals surface area (Å²) >= 11 is 23.5. The first kappa shape index (κ1) is 11.2. The molecule has 0 bridgehead atoms. The van der Waals surface area contributed by atoms with Gasteiger partial charge in [0.1, 0.15) is 33.4 Å². The van der Waals surface area contributed by atoms with Crippen LogP contribution in [0.1, 0.15) is 0 Å². The van der Waals surface area contributed by atoms with Gasteiger partial charge in [-0.15, -0.1) is 0 Å². The highest BCUT2D eigenvalue weighted by atomic mass is 35.6. The van der Waals surface area contributed by atoms with Crippen molar-refractivity contribution in [2.24, 2.45) is 0 Å². The maximum atomic E-state index is 5.88. The minimum absolute atomic E-state index is 0.378. The van der Waals surface area contributed by atoms with Crippen molar-refractivity contribution in [1.82, 2.24) is 0 Å². The number of hydrogen-bond donors (Lipinski definition) is 0. The molecule has 0 amide bonds. The molecule has 0 aromatic carbocycles. The lowest BCUT2D eigenvalue weighted by atomic mass is 26.0. The molecule has 0 saturated heterocycles. The molecule has 0 heterocycles. The molecule has 0 unspecified atom stereocenters. The molecule has 0 nitrogen and oxygen atoms in total. The van der Waals surface area contributed by atoms with Crippen molar-refractivity contribution in [3.63, 3.8) is 0 Å². The van der Waals surface area contributed by atoms with Crippen LogP contribution in [0.4, 0.5) is 0 Å². The molecule has 0 aliphatic carbocycles. The average Bonchev–Trinajstić information content (AvgIpc) is 1.95. The third kappa shape index (κ3) is 3.43. The molecule has 9 heteroatoms. The summed E-state index contributed by atoms with van der Waals surface area (Å²) in [5.41, 5.74) is 0. The van der Waals surface area contributed by atoms with Gasteiger partial charge in [-0.1, -0.05) is 0 Å². The maximum absolute atomic E-state index is 5.88. The zero-order chi connectivity index (χ0) is 7.33. The van der Waals surface area contributed by atoms with Crippen LogP contribution in [0.3, 0.4) is 0 Å². The van der Waals surface area contributed by atoms with Crippen LogP contribution in [0.15, 0.2) is 0 Å². The first-order valence-corrected chi connectivity index (χ1v) is 22.3. The summed E-state index contributed by atoms with van der Waals surface area (Å²) in [5, 5.41) is 0. The molecule has 56 valence electrons. The van der Waals surface area contributed by atoms with Crippen molar-refractivity contribution < 1.29 is 0 Å². The van der Waals surface area contributed by atoms with Crippen molar-refractivity contribution in [2.45, 2.75) is 0 Å². The van der Waals surface area contributed by atoms with Gasteiger partial charge in [0.25, 0.3) is 0 Å². The summed E-state index contributed by atoms with van der Waals surface area (Å²) in [7, 11) is -1.51. The Morgan fingerprint density at radius 2 is 0.889 bits per heavy atom. The molecule has 0 aliphatic rings. The van der Waals surface area contributed by atoms with E-state index in [1.165, 1.54) is 0 Å². The lowest BCUT2D eigenvalue weighted by Crippen LogP contribution is -2.54. The van der Waals surface area contributed by atoms with Crippen LogP contribution in [-0.2, 0) is 0 Å². The van der Waals surface area contributed by atoms with E-state index < -0.39 is 6.14 Å². The highest BCUT2D eigenvalue weighted by Crippen LogP contribution is 2.03. The third-order valence-corrected chi connectivity index (χ3v) is 91.8. The molecule has 0 radical (unpaired) electrons. The Bertz CT molecular complexity index is 51.8. The van der Waals surface area contributed by atoms with E-state index in [9.17, 15) is 0 Å². The van der Waals surface area contributed by atoms with Crippen molar-refractivity contribution in [3.8, 4) is 0 Å². The van der Waals surface area contributed by atoms with E-state index in [4.69, 9.17) is 44.3 Å². The fourth-order valence-electron chi connectivity index (χ4n) is 0.214. The van der Waals surface area contributed by atoms with Crippen LogP contribution in [0.25, 0.3) is 0 Å². The van der Waals surface area contributed by atoms with Gasteiger partial charge in [-0.2, -0.15) is 44.3 Å². The van der Waals surface area contributed by atoms with E-state index in [0.29, 0.717) is 0 Å². The smallest absolute Gasteiger partial charge is 0.112 e. The molecule has 0 rings (SSSR count). The summed E-state index contributed by atoms with van der Waals surface area (Å²) in [6, 6.07) is 0. The molecule has 9 heavy (non-hydrogen) atoms. The zero-order valence-corrected chi connectivity index (χ0v) is 14.5. The second-order valence-electron chi connectivity index (χ2n) is 2.03. The van der Waals surface area contributed by atoms with Crippen LogP contribution < -0.4 is 0 Å². The monoisotopic (exact) mass is 288 g/mol.